The van der Waals surface area contributed by atoms with Crippen LogP contribution in [0.25, 0.3) is 5.57 Å². The Labute approximate surface area is 293 Å². The SMILES string of the molecule is CC(C)C12CC3CC(CC(CS(=O)(=O)NC(=O)c4ccc(N5CCN(CC6=C(c7ccc(Cl)cc7)CCC(C)(C)C6)CC5)cc4)(C3)C1)C2. The number of halogens is 1. The molecule has 6 nitrogen and oxygen atoms in total. The standard InChI is InChI=1S/C40H54ClN3O3S/c1-28(2)40-22-29-19-30(23-40)21-39(20-29,26-40)27-48(46,47)42-37(45)32-7-11-35(12-8-32)44-17-15-43(16-18-44)25-33-24-38(3,4)14-13-36(33)31-5-9-34(41)10-6-31/h5-12,28-30H,13-27H2,1-4H3,(H,42,45). The summed E-state index contributed by atoms with van der Waals surface area (Å²) in [7, 11) is -3.75. The Morgan fingerprint density at radius 3 is 2.21 bits per heavy atom. The van der Waals surface area contributed by atoms with Gasteiger partial charge in [0.25, 0.3) is 5.91 Å². The molecule has 260 valence electrons. The smallest absolute Gasteiger partial charge is 0.264 e. The number of hydrogen-bond donors (Lipinski definition) is 1. The highest BCUT2D eigenvalue weighted by atomic mass is 35.5. The van der Waals surface area contributed by atoms with Gasteiger partial charge in [-0.25, -0.2) is 13.1 Å². The van der Waals surface area contributed by atoms with Crippen molar-refractivity contribution in [3.63, 3.8) is 0 Å². The van der Waals surface area contributed by atoms with E-state index in [4.69, 9.17) is 11.6 Å². The number of carbonyl (C=O) groups excluding carboxylic acids is 1. The summed E-state index contributed by atoms with van der Waals surface area (Å²) in [4.78, 5) is 18.1. The number of benzene rings is 2. The summed E-state index contributed by atoms with van der Waals surface area (Å²) in [5, 5.41) is 0.777. The molecule has 8 heteroatoms. The summed E-state index contributed by atoms with van der Waals surface area (Å²) < 4.78 is 29.4. The number of allylic oxidation sites excluding steroid dienone is 1. The predicted octanol–water partition coefficient (Wildman–Crippen LogP) is 8.43. The second kappa shape index (κ2) is 12.8. The van der Waals surface area contributed by atoms with Gasteiger partial charge in [-0.15, -0.1) is 0 Å². The van der Waals surface area contributed by atoms with E-state index in [2.05, 4.69) is 54.3 Å². The van der Waals surface area contributed by atoms with Crippen LogP contribution in [0.1, 0.15) is 101 Å². The van der Waals surface area contributed by atoms with E-state index in [1.54, 1.807) is 17.7 Å². The van der Waals surface area contributed by atoms with Crippen molar-refractivity contribution in [1.82, 2.24) is 9.62 Å². The fourth-order valence-corrected chi connectivity index (χ4v) is 12.6. The largest absolute Gasteiger partial charge is 0.369 e. The van der Waals surface area contributed by atoms with E-state index < -0.39 is 15.9 Å². The van der Waals surface area contributed by atoms with Crippen molar-refractivity contribution in [2.75, 3.05) is 43.4 Å². The van der Waals surface area contributed by atoms with Crippen molar-refractivity contribution in [2.45, 2.75) is 85.5 Å². The van der Waals surface area contributed by atoms with Crippen LogP contribution in [-0.4, -0.2) is 57.7 Å². The fourth-order valence-electron chi connectivity index (χ4n) is 10.8. The van der Waals surface area contributed by atoms with Gasteiger partial charge in [0.15, 0.2) is 0 Å². The Kier molecular flexibility index (Phi) is 9.07. The lowest BCUT2D eigenvalue weighted by Gasteiger charge is -2.63. The summed E-state index contributed by atoms with van der Waals surface area (Å²) in [5.41, 5.74) is 6.20. The summed E-state index contributed by atoms with van der Waals surface area (Å²) >= 11 is 6.19. The monoisotopic (exact) mass is 691 g/mol. The average molecular weight is 692 g/mol. The Morgan fingerprint density at radius 2 is 1.58 bits per heavy atom. The maximum atomic E-state index is 13.5. The molecular weight excluding hydrogens is 638 g/mol. The highest BCUT2D eigenvalue weighted by molar-refractivity contribution is 7.90. The Balaban J connectivity index is 0.951. The highest BCUT2D eigenvalue weighted by Crippen LogP contribution is 2.67. The Morgan fingerprint density at radius 1 is 0.938 bits per heavy atom. The van der Waals surface area contributed by atoms with Crippen molar-refractivity contribution in [3.8, 4) is 0 Å². The van der Waals surface area contributed by atoms with Crippen molar-refractivity contribution < 1.29 is 13.2 Å². The first-order chi connectivity index (χ1) is 22.7. The van der Waals surface area contributed by atoms with Gasteiger partial charge in [-0.3, -0.25) is 9.69 Å². The van der Waals surface area contributed by atoms with Gasteiger partial charge in [-0.2, -0.15) is 0 Å². The van der Waals surface area contributed by atoms with Crippen molar-refractivity contribution in [1.29, 1.82) is 0 Å². The molecular formula is C40H54ClN3O3S. The number of carbonyl (C=O) groups is 1. The van der Waals surface area contributed by atoms with E-state index in [1.165, 1.54) is 36.8 Å². The molecule has 2 unspecified atom stereocenters. The van der Waals surface area contributed by atoms with E-state index in [-0.39, 0.29) is 16.6 Å². The van der Waals surface area contributed by atoms with Gasteiger partial charge in [0, 0.05) is 49.0 Å². The first kappa shape index (κ1) is 34.1. The third kappa shape index (κ3) is 7.11. The van der Waals surface area contributed by atoms with Gasteiger partial charge < -0.3 is 4.90 Å². The van der Waals surface area contributed by atoms with Crippen LogP contribution in [0.15, 0.2) is 54.1 Å². The number of rotatable bonds is 9. The van der Waals surface area contributed by atoms with Gasteiger partial charge in [0.1, 0.15) is 0 Å². The fraction of sp³-hybridized carbons (Fsp3) is 0.625. The number of sulfonamides is 1. The molecule has 4 saturated carbocycles. The highest BCUT2D eigenvalue weighted by Gasteiger charge is 2.59. The van der Waals surface area contributed by atoms with Crippen molar-refractivity contribution in [2.24, 2.45) is 34.0 Å². The molecule has 8 rings (SSSR count). The lowest BCUT2D eigenvalue weighted by molar-refractivity contribution is -0.121. The lowest BCUT2D eigenvalue weighted by atomic mass is 9.42. The molecule has 2 aromatic rings. The average Bonchev–Trinajstić information content (AvgIpc) is 3.00. The quantitative estimate of drug-likeness (QED) is 0.286. The zero-order valence-corrected chi connectivity index (χ0v) is 30.9. The third-order valence-electron chi connectivity index (χ3n) is 12.8. The second-order valence-electron chi connectivity index (χ2n) is 17.4. The van der Waals surface area contributed by atoms with Gasteiger partial charge in [-0.1, -0.05) is 57.0 Å². The molecule has 2 aromatic carbocycles. The molecule has 5 aliphatic carbocycles. The van der Waals surface area contributed by atoms with E-state index in [0.29, 0.717) is 28.7 Å². The molecule has 5 fully saturated rings. The molecule has 4 bridgehead atoms. The topological polar surface area (TPSA) is 69.7 Å². The van der Waals surface area contributed by atoms with Crippen LogP contribution in [0.5, 0.6) is 0 Å². The molecule has 1 saturated heterocycles. The van der Waals surface area contributed by atoms with Crippen LogP contribution in [-0.2, 0) is 10.0 Å². The normalized spacial score (nSPS) is 30.2. The molecule has 48 heavy (non-hydrogen) atoms. The zero-order valence-electron chi connectivity index (χ0n) is 29.4. The molecule has 0 radical (unpaired) electrons. The van der Waals surface area contributed by atoms with Crippen molar-refractivity contribution >= 4 is 38.8 Å². The molecule has 1 N–H and O–H groups in total. The molecule has 0 spiro atoms. The van der Waals surface area contributed by atoms with Crippen LogP contribution in [0.4, 0.5) is 5.69 Å². The minimum atomic E-state index is -3.75. The van der Waals surface area contributed by atoms with Crippen LogP contribution >= 0.6 is 11.6 Å². The molecule has 1 amide bonds. The minimum Gasteiger partial charge on any atom is -0.369 e. The van der Waals surface area contributed by atoms with Gasteiger partial charge >= 0.3 is 0 Å². The molecule has 0 aromatic heterocycles. The summed E-state index contributed by atoms with van der Waals surface area (Å²) in [5.74, 6) is 1.39. The zero-order chi connectivity index (χ0) is 33.9. The summed E-state index contributed by atoms with van der Waals surface area (Å²) in [6, 6.07) is 15.8. The number of amides is 1. The van der Waals surface area contributed by atoms with Crippen molar-refractivity contribution in [3.05, 3.63) is 70.3 Å². The molecule has 1 aliphatic heterocycles. The first-order valence-electron chi connectivity index (χ1n) is 18.3. The van der Waals surface area contributed by atoms with E-state index in [0.717, 1.165) is 75.5 Å². The van der Waals surface area contributed by atoms with Crippen LogP contribution in [0.3, 0.4) is 0 Å². The number of nitrogens with zero attached hydrogens (tertiary/aromatic N) is 2. The summed E-state index contributed by atoms with van der Waals surface area (Å²) in [6.07, 6.45) is 10.1. The van der Waals surface area contributed by atoms with Crippen LogP contribution < -0.4 is 9.62 Å². The number of anilines is 1. The molecule has 2 atom stereocenters. The first-order valence-corrected chi connectivity index (χ1v) is 20.3. The van der Waals surface area contributed by atoms with Crippen LogP contribution in [0, 0.1) is 34.0 Å². The second-order valence-corrected chi connectivity index (χ2v) is 19.6. The Bertz CT molecular complexity index is 1640. The number of piperazine rings is 1. The van der Waals surface area contributed by atoms with Gasteiger partial charge in [0.05, 0.1) is 5.75 Å². The molecule has 1 heterocycles. The number of hydrogen-bond acceptors (Lipinski definition) is 5. The van der Waals surface area contributed by atoms with Gasteiger partial charge in [0.2, 0.25) is 10.0 Å². The lowest BCUT2D eigenvalue weighted by Crippen LogP contribution is -2.56. The number of nitrogens with one attached hydrogen (secondary N) is 1. The third-order valence-corrected chi connectivity index (χ3v) is 14.6. The van der Waals surface area contributed by atoms with E-state index in [9.17, 15) is 13.2 Å². The minimum absolute atomic E-state index is 0.0746. The van der Waals surface area contributed by atoms with Gasteiger partial charge in [-0.05, 0) is 139 Å². The maximum Gasteiger partial charge on any atom is 0.264 e. The molecule has 6 aliphatic rings. The Hall–Kier alpha value is -2.35. The maximum absolute atomic E-state index is 13.5. The van der Waals surface area contributed by atoms with Crippen LogP contribution in [0.2, 0.25) is 5.02 Å². The summed E-state index contributed by atoms with van der Waals surface area (Å²) in [6.45, 7) is 14.2. The predicted molar refractivity (Wildman–Crippen MR) is 197 cm³/mol. The van der Waals surface area contributed by atoms with E-state index in [1.807, 2.05) is 24.3 Å². The van der Waals surface area contributed by atoms with E-state index >= 15 is 0 Å².